The summed E-state index contributed by atoms with van der Waals surface area (Å²) in [5.74, 6) is -1.18. The Balaban J connectivity index is 2.32. The van der Waals surface area contributed by atoms with Crippen LogP contribution in [0.2, 0.25) is 0 Å². The van der Waals surface area contributed by atoms with Crippen molar-refractivity contribution in [3.05, 3.63) is 0 Å². The number of hydrogen-bond donors (Lipinski definition) is 2. The maximum atomic E-state index is 10.4. The molecule has 0 aromatic carbocycles. The quantitative estimate of drug-likeness (QED) is 0.619. The Kier molecular flexibility index (Phi) is 2.22. The topological polar surface area (TPSA) is 52.9 Å². The summed E-state index contributed by atoms with van der Waals surface area (Å²) >= 11 is 0. The average molecular weight is 215 g/mol. The van der Waals surface area contributed by atoms with Gasteiger partial charge in [0.15, 0.2) is 5.79 Å². The zero-order valence-electron chi connectivity index (χ0n) is 9.95. The van der Waals surface area contributed by atoms with Crippen molar-refractivity contribution in [1.29, 1.82) is 0 Å². The molecule has 3 atom stereocenters. The van der Waals surface area contributed by atoms with Crippen molar-refractivity contribution in [1.82, 2.24) is 4.90 Å². The number of likely N-dealkylation sites (tertiary alicyclic amines) is 1. The van der Waals surface area contributed by atoms with E-state index >= 15 is 0 Å². The first-order chi connectivity index (χ1) is 6.71. The minimum absolute atomic E-state index is 0.161. The largest absolute Gasteiger partial charge is 0.378 e. The van der Waals surface area contributed by atoms with Crippen LogP contribution in [0, 0.1) is 5.41 Å². The number of β-amino-alcohol motifs (C(OH)–C–C–N with tert-alkyl or cyclic N) is 1. The van der Waals surface area contributed by atoms with Gasteiger partial charge in [0.05, 0.1) is 18.6 Å². The van der Waals surface area contributed by atoms with Crippen LogP contribution in [0.1, 0.15) is 34.1 Å². The SMILES string of the molecule is CC(C)(C)N1C[C@@]2(O)OCC[C@@]2(C)[C@@H]1O. The maximum Gasteiger partial charge on any atom is 0.187 e. The zero-order chi connectivity index (χ0) is 11.5. The summed E-state index contributed by atoms with van der Waals surface area (Å²) in [5, 5.41) is 20.7. The van der Waals surface area contributed by atoms with Gasteiger partial charge in [-0.15, -0.1) is 0 Å². The van der Waals surface area contributed by atoms with Gasteiger partial charge in [-0.1, -0.05) is 6.92 Å². The first kappa shape index (κ1) is 11.3. The number of ether oxygens (including phenoxy) is 1. The molecule has 4 heteroatoms. The zero-order valence-corrected chi connectivity index (χ0v) is 9.95. The van der Waals surface area contributed by atoms with Crippen LogP contribution in [0.5, 0.6) is 0 Å². The third-order valence-corrected chi connectivity index (χ3v) is 3.97. The van der Waals surface area contributed by atoms with E-state index in [2.05, 4.69) is 0 Å². The molecule has 0 saturated carbocycles. The fraction of sp³-hybridized carbons (Fsp3) is 1.00. The molecule has 2 N–H and O–H groups in total. The van der Waals surface area contributed by atoms with Crippen LogP contribution in [-0.2, 0) is 4.74 Å². The highest BCUT2D eigenvalue weighted by Crippen LogP contribution is 2.52. The summed E-state index contributed by atoms with van der Waals surface area (Å²) in [5.41, 5.74) is -0.716. The minimum Gasteiger partial charge on any atom is -0.378 e. The molecule has 0 aromatic heterocycles. The highest BCUT2D eigenvalue weighted by Gasteiger charge is 2.65. The van der Waals surface area contributed by atoms with Gasteiger partial charge in [-0.3, -0.25) is 4.90 Å². The van der Waals surface area contributed by atoms with E-state index in [-0.39, 0.29) is 5.54 Å². The summed E-state index contributed by atoms with van der Waals surface area (Å²) in [4.78, 5) is 1.91. The molecule has 0 aliphatic carbocycles. The predicted molar refractivity (Wildman–Crippen MR) is 56.1 cm³/mol. The number of rotatable bonds is 0. The lowest BCUT2D eigenvalue weighted by molar-refractivity contribution is -0.209. The normalized spacial score (nSPS) is 47.2. The molecular formula is C11H21NO3. The van der Waals surface area contributed by atoms with E-state index in [0.29, 0.717) is 19.6 Å². The summed E-state index contributed by atoms with van der Waals surface area (Å²) in [6, 6.07) is 0. The summed E-state index contributed by atoms with van der Waals surface area (Å²) in [7, 11) is 0. The van der Waals surface area contributed by atoms with Gasteiger partial charge in [0.25, 0.3) is 0 Å². The van der Waals surface area contributed by atoms with Crippen LogP contribution in [0.15, 0.2) is 0 Å². The third-order valence-electron chi connectivity index (χ3n) is 3.97. The first-order valence-corrected chi connectivity index (χ1v) is 5.52. The van der Waals surface area contributed by atoms with Crippen LogP contribution in [0.3, 0.4) is 0 Å². The molecule has 88 valence electrons. The van der Waals surface area contributed by atoms with Gasteiger partial charge in [-0.2, -0.15) is 0 Å². The molecular weight excluding hydrogens is 194 g/mol. The lowest BCUT2D eigenvalue weighted by atomic mass is 9.81. The molecule has 0 spiro atoms. The lowest BCUT2D eigenvalue weighted by Crippen LogP contribution is -2.48. The highest BCUT2D eigenvalue weighted by molar-refractivity contribution is 5.08. The molecule has 0 unspecified atom stereocenters. The van der Waals surface area contributed by atoms with Crippen LogP contribution in [-0.4, -0.2) is 45.8 Å². The summed E-state index contributed by atoms with van der Waals surface area (Å²) < 4.78 is 5.42. The van der Waals surface area contributed by atoms with Gasteiger partial charge in [0, 0.05) is 5.54 Å². The fourth-order valence-corrected chi connectivity index (χ4v) is 2.61. The Morgan fingerprint density at radius 2 is 2.00 bits per heavy atom. The van der Waals surface area contributed by atoms with Crippen molar-refractivity contribution in [2.75, 3.05) is 13.2 Å². The number of aliphatic hydroxyl groups excluding tert-OH is 1. The van der Waals surface area contributed by atoms with E-state index in [1.165, 1.54) is 0 Å². The van der Waals surface area contributed by atoms with E-state index in [1.807, 2.05) is 32.6 Å². The molecule has 0 radical (unpaired) electrons. The maximum absolute atomic E-state index is 10.4. The number of aliphatic hydroxyl groups is 2. The lowest BCUT2D eigenvalue weighted by Gasteiger charge is -2.37. The second kappa shape index (κ2) is 2.94. The van der Waals surface area contributed by atoms with E-state index in [0.717, 1.165) is 0 Å². The highest BCUT2D eigenvalue weighted by atomic mass is 16.6. The van der Waals surface area contributed by atoms with Crippen molar-refractivity contribution >= 4 is 0 Å². The van der Waals surface area contributed by atoms with Gasteiger partial charge in [0.1, 0.15) is 6.23 Å². The molecule has 2 aliphatic heterocycles. The standard InChI is InChI=1S/C11H21NO3/c1-9(2,3)12-7-11(14)10(4,8(12)13)5-6-15-11/h8,13-14H,5-7H2,1-4H3/t8-,10-,11+/m0/s1. The van der Waals surface area contributed by atoms with Crippen molar-refractivity contribution in [2.24, 2.45) is 5.41 Å². The number of nitrogens with zero attached hydrogens (tertiary/aromatic N) is 1. The van der Waals surface area contributed by atoms with Crippen molar-refractivity contribution in [3.63, 3.8) is 0 Å². The van der Waals surface area contributed by atoms with E-state index < -0.39 is 17.4 Å². The van der Waals surface area contributed by atoms with E-state index in [9.17, 15) is 10.2 Å². The second-order valence-corrected chi connectivity index (χ2v) is 5.97. The minimum atomic E-state index is -1.18. The van der Waals surface area contributed by atoms with Crippen molar-refractivity contribution in [2.45, 2.75) is 51.7 Å². The van der Waals surface area contributed by atoms with Crippen LogP contribution >= 0.6 is 0 Å². The van der Waals surface area contributed by atoms with Crippen molar-refractivity contribution < 1.29 is 14.9 Å². The molecule has 2 rings (SSSR count). The second-order valence-electron chi connectivity index (χ2n) is 5.97. The molecule has 4 nitrogen and oxygen atoms in total. The predicted octanol–water partition coefficient (Wildman–Crippen LogP) is 0.534. The molecule has 15 heavy (non-hydrogen) atoms. The Labute approximate surface area is 90.8 Å². The number of hydrogen-bond acceptors (Lipinski definition) is 4. The molecule has 0 amide bonds. The van der Waals surface area contributed by atoms with Crippen molar-refractivity contribution in [3.8, 4) is 0 Å². The molecule has 0 aromatic rings. The van der Waals surface area contributed by atoms with E-state index in [1.54, 1.807) is 0 Å². The Bertz CT molecular complexity index is 275. The van der Waals surface area contributed by atoms with Gasteiger partial charge in [0.2, 0.25) is 0 Å². The Morgan fingerprint density at radius 3 is 2.47 bits per heavy atom. The van der Waals surface area contributed by atoms with E-state index in [4.69, 9.17) is 4.74 Å². The monoisotopic (exact) mass is 215 g/mol. The number of fused-ring (bicyclic) bond motifs is 1. The Morgan fingerprint density at radius 1 is 1.40 bits per heavy atom. The molecule has 2 heterocycles. The van der Waals surface area contributed by atoms with Crippen LogP contribution < -0.4 is 0 Å². The van der Waals surface area contributed by atoms with Crippen LogP contribution in [0.4, 0.5) is 0 Å². The van der Waals surface area contributed by atoms with Gasteiger partial charge in [-0.25, -0.2) is 0 Å². The van der Waals surface area contributed by atoms with Gasteiger partial charge < -0.3 is 14.9 Å². The smallest absolute Gasteiger partial charge is 0.187 e. The van der Waals surface area contributed by atoms with Crippen LogP contribution in [0.25, 0.3) is 0 Å². The summed E-state index contributed by atoms with van der Waals surface area (Å²) in [6.45, 7) is 8.91. The molecule has 2 aliphatic rings. The third kappa shape index (κ3) is 1.35. The fourth-order valence-electron chi connectivity index (χ4n) is 2.61. The first-order valence-electron chi connectivity index (χ1n) is 5.52. The molecule has 2 fully saturated rings. The summed E-state index contributed by atoms with van der Waals surface area (Å²) in [6.07, 6.45) is 0.0713. The van der Waals surface area contributed by atoms with Gasteiger partial charge >= 0.3 is 0 Å². The Hall–Kier alpha value is -0.160. The van der Waals surface area contributed by atoms with Gasteiger partial charge in [-0.05, 0) is 27.2 Å². The molecule has 0 bridgehead atoms. The molecule has 2 saturated heterocycles. The average Bonchev–Trinajstić information content (AvgIpc) is 2.46.